The monoisotopic (exact) mass is 338 g/mol. The summed E-state index contributed by atoms with van der Waals surface area (Å²) < 4.78 is 0.898. The molecule has 2 aliphatic rings. The molecule has 0 unspecified atom stereocenters. The number of halogens is 1. The second-order valence-corrected chi connectivity index (χ2v) is 6.61. The van der Waals surface area contributed by atoms with Crippen LogP contribution in [0.3, 0.4) is 0 Å². The van der Waals surface area contributed by atoms with Gasteiger partial charge in [0.15, 0.2) is 5.82 Å². The first-order chi connectivity index (χ1) is 9.49. The molecule has 0 radical (unpaired) electrons. The van der Waals surface area contributed by atoms with Crippen LogP contribution in [0.25, 0.3) is 0 Å². The van der Waals surface area contributed by atoms with E-state index in [2.05, 4.69) is 44.6 Å². The quantitative estimate of drug-likeness (QED) is 0.781. The van der Waals surface area contributed by atoms with E-state index in [9.17, 15) is 4.79 Å². The summed E-state index contributed by atoms with van der Waals surface area (Å²) in [5.74, 6) is 1.08. The Bertz CT molecular complexity index is 548. The number of carbonyl (C=O) groups excluding carboxylic acids is 1. The van der Waals surface area contributed by atoms with Crippen LogP contribution in [-0.4, -0.2) is 54.6 Å². The lowest BCUT2D eigenvalue weighted by Crippen LogP contribution is -2.63. The maximum Gasteiger partial charge on any atom is 0.250 e. The summed E-state index contributed by atoms with van der Waals surface area (Å²) in [5.41, 5.74) is 0.888. The van der Waals surface area contributed by atoms with E-state index in [1.807, 2.05) is 13.1 Å². The second kappa shape index (κ2) is 5.00. The zero-order valence-corrected chi connectivity index (χ0v) is 13.6. The highest BCUT2D eigenvalue weighted by atomic mass is 79.9. The van der Waals surface area contributed by atoms with E-state index in [4.69, 9.17) is 0 Å². The molecule has 3 heterocycles. The Morgan fingerprint density at radius 2 is 2.15 bits per heavy atom. The van der Waals surface area contributed by atoms with Crippen LogP contribution in [0.4, 0.5) is 11.5 Å². The van der Waals surface area contributed by atoms with Gasteiger partial charge < -0.3 is 9.80 Å². The third-order valence-corrected chi connectivity index (χ3v) is 4.64. The molecule has 1 atom stereocenters. The molecular weight excluding hydrogens is 320 g/mol. The van der Waals surface area contributed by atoms with E-state index in [-0.39, 0.29) is 11.9 Å². The van der Waals surface area contributed by atoms with Gasteiger partial charge in [-0.25, -0.2) is 4.98 Å². The van der Waals surface area contributed by atoms with Crippen LogP contribution in [0.15, 0.2) is 16.7 Å². The van der Waals surface area contributed by atoms with Gasteiger partial charge >= 0.3 is 0 Å². The van der Waals surface area contributed by atoms with Crippen LogP contribution in [-0.2, 0) is 4.79 Å². The summed E-state index contributed by atoms with van der Waals surface area (Å²) in [5, 5.41) is 0. The van der Waals surface area contributed by atoms with Gasteiger partial charge in [-0.2, -0.15) is 0 Å². The second-order valence-electron chi connectivity index (χ2n) is 5.69. The number of carbonyl (C=O) groups is 1. The van der Waals surface area contributed by atoms with Gasteiger partial charge in [0.2, 0.25) is 0 Å². The molecule has 1 saturated heterocycles. The Balaban J connectivity index is 1.99. The highest BCUT2D eigenvalue weighted by Gasteiger charge is 2.41. The lowest BCUT2D eigenvalue weighted by molar-refractivity contribution is -0.121. The highest BCUT2D eigenvalue weighted by Crippen LogP contribution is 2.36. The van der Waals surface area contributed by atoms with Gasteiger partial charge in [0, 0.05) is 43.4 Å². The molecule has 0 N–H and O–H groups in total. The molecule has 0 aromatic carbocycles. The van der Waals surface area contributed by atoms with Gasteiger partial charge in [-0.3, -0.25) is 9.69 Å². The van der Waals surface area contributed by atoms with Crippen molar-refractivity contribution in [3.05, 3.63) is 16.7 Å². The van der Waals surface area contributed by atoms with Gasteiger partial charge in [-0.1, -0.05) is 0 Å². The molecule has 108 valence electrons. The summed E-state index contributed by atoms with van der Waals surface area (Å²) in [6.07, 6.45) is 1.80. The van der Waals surface area contributed by atoms with E-state index in [1.54, 1.807) is 11.1 Å². The summed E-state index contributed by atoms with van der Waals surface area (Å²) in [7, 11) is 1.83. The molecule has 1 fully saturated rings. The number of pyridine rings is 1. The zero-order chi connectivity index (χ0) is 14.4. The number of anilines is 2. The third kappa shape index (κ3) is 2.11. The molecule has 0 aliphatic carbocycles. The molecular formula is C14H19BrN4O. The minimum atomic E-state index is -0.114. The average Bonchev–Trinajstić information content (AvgIpc) is 2.44. The van der Waals surface area contributed by atoms with E-state index in [0.29, 0.717) is 6.04 Å². The van der Waals surface area contributed by atoms with Crippen LogP contribution in [0.2, 0.25) is 0 Å². The number of hydrogen-bond donors (Lipinski definition) is 0. The van der Waals surface area contributed by atoms with E-state index < -0.39 is 0 Å². The average molecular weight is 339 g/mol. The van der Waals surface area contributed by atoms with E-state index in [0.717, 1.165) is 35.6 Å². The maximum atomic E-state index is 12.6. The number of likely N-dealkylation sites (N-methyl/N-ethyl adjacent to an activating group) is 1. The number of rotatable bonds is 1. The fourth-order valence-electron chi connectivity index (χ4n) is 2.97. The molecule has 3 rings (SSSR count). The van der Waals surface area contributed by atoms with E-state index >= 15 is 0 Å². The fourth-order valence-corrected chi connectivity index (χ4v) is 3.29. The Labute approximate surface area is 127 Å². The minimum Gasteiger partial charge on any atom is -0.340 e. The standard InChI is InChI=1S/C14H19BrN4O/c1-9(2)18-4-5-19-12(8-18)14(20)17(3)11-6-10(15)7-16-13(11)19/h6-7,9,12H,4-5,8H2,1-3H3/t12-/m0/s1. The van der Waals surface area contributed by atoms with Crippen LogP contribution < -0.4 is 9.80 Å². The maximum absolute atomic E-state index is 12.6. The summed E-state index contributed by atoms with van der Waals surface area (Å²) >= 11 is 3.43. The SMILES string of the molecule is CC(C)N1CCN2c3ncc(Br)cc3N(C)C(=O)[C@@H]2C1. The first kappa shape index (κ1) is 13.8. The number of amides is 1. The summed E-state index contributed by atoms with van der Waals surface area (Å²) in [6, 6.07) is 2.32. The number of fused-ring (bicyclic) bond motifs is 3. The minimum absolute atomic E-state index is 0.114. The Kier molecular flexibility index (Phi) is 3.46. The molecule has 6 heteroatoms. The first-order valence-corrected chi connectivity index (χ1v) is 7.72. The van der Waals surface area contributed by atoms with Crippen molar-refractivity contribution in [2.75, 3.05) is 36.5 Å². The number of piperazine rings is 1. The number of hydrogen-bond acceptors (Lipinski definition) is 4. The zero-order valence-electron chi connectivity index (χ0n) is 12.0. The molecule has 0 saturated carbocycles. The van der Waals surface area contributed by atoms with Crippen molar-refractivity contribution in [3.63, 3.8) is 0 Å². The number of nitrogens with zero attached hydrogens (tertiary/aromatic N) is 4. The fraction of sp³-hybridized carbons (Fsp3) is 0.571. The highest BCUT2D eigenvalue weighted by molar-refractivity contribution is 9.10. The molecule has 2 aliphatic heterocycles. The van der Waals surface area contributed by atoms with Crippen molar-refractivity contribution in [1.82, 2.24) is 9.88 Å². The molecule has 1 aromatic rings. The smallest absolute Gasteiger partial charge is 0.250 e. The largest absolute Gasteiger partial charge is 0.340 e. The Hall–Kier alpha value is -1.14. The van der Waals surface area contributed by atoms with Gasteiger partial charge in [0.05, 0.1) is 5.69 Å². The Morgan fingerprint density at radius 1 is 1.40 bits per heavy atom. The predicted octanol–water partition coefficient (Wildman–Crippen LogP) is 1.72. The normalized spacial score (nSPS) is 23.1. The molecule has 20 heavy (non-hydrogen) atoms. The van der Waals surface area contributed by atoms with E-state index in [1.165, 1.54) is 0 Å². The van der Waals surface area contributed by atoms with Crippen molar-refractivity contribution < 1.29 is 4.79 Å². The van der Waals surface area contributed by atoms with Crippen molar-refractivity contribution in [2.24, 2.45) is 0 Å². The van der Waals surface area contributed by atoms with Gasteiger partial charge in [0.1, 0.15) is 6.04 Å². The summed E-state index contributed by atoms with van der Waals surface area (Å²) in [6.45, 7) is 6.95. The first-order valence-electron chi connectivity index (χ1n) is 6.93. The topological polar surface area (TPSA) is 39.7 Å². The van der Waals surface area contributed by atoms with Crippen LogP contribution in [0.5, 0.6) is 0 Å². The molecule has 1 aromatic heterocycles. The Morgan fingerprint density at radius 3 is 2.85 bits per heavy atom. The van der Waals surface area contributed by atoms with Crippen LogP contribution in [0.1, 0.15) is 13.8 Å². The lowest BCUT2D eigenvalue weighted by Gasteiger charge is -2.47. The van der Waals surface area contributed by atoms with Crippen molar-refractivity contribution in [1.29, 1.82) is 0 Å². The predicted molar refractivity (Wildman–Crippen MR) is 83.2 cm³/mol. The molecule has 0 bridgehead atoms. The summed E-state index contributed by atoms with van der Waals surface area (Å²) in [4.78, 5) is 23.4. The van der Waals surface area contributed by atoms with Gasteiger partial charge in [-0.15, -0.1) is 0 Å². The lowest BCUT2D eigenvalue weighted by atomic mass is 10.1. The molecule has 5 nitrogen and oxygen atoms in total. The van der Waals surface area contributed by atoms with Crippen molar-refractivity contribution in [2.45, 2.75) is 25.9 Å². The van der Waals surface area contributed by atoms with Gasteiger partial charge in [0.25, 0.3) is 5.91 Å². The van der Waals surface area contributed by atoms with Crippen molar-refractivity contribution in [3.8, 4) is 0 Å². The third-order valence-electron chi connectivity index (χ3n) is 4.20. The number of aromatic nitrogens is 1. The molecule has 0 spiro atoms. The van der Waals surface area contributed by atoms with Crippen molar-refractivity contribution >= 4 is 33.3 Å². The molecule has 1 amide bonds. The van der Waals surface area contributed by atoms with Crippen LogP contribution >= 0.6 is 15.9 Å². The van der Waals surface area contributed by atoms with Crippen LogP contribution in [0, 0.1) is 0 Å². The van der Waals surface area contributed by atoms with Gasteiger partial charge in [-0.05, 0) is 35.8 Å².